The van der Waals surface area contributed by atoms with Gasteiger partial charge < -0.3 is 10.2 Å². The number of rotatable bonds is 2. The lowest BCUT2D eigenvalue weighted by Gasteiger charge is -2.21. The zero-order chi connectivity index (χ0) is 10.6. The number of aliphatic hydroxyl groups excluding tert-OH is 1. The molecule has 0 aromatic heterocycles. The summed E-state index contributed by atoms with van der Waals surface area (Å²) in [5, 5.41) is 19.6. The number of benzene rings is 1. The van der Waals surface area contributed by atoms with Crippen LogP contribution in [0.25, 0.3) is 0 Å². The Morgan fingerprint density at radius 1 is 1.64 bits per heavy atom. The van der Waals surface area contributed by atoms with Crippen LogP contribution in [0.1, 0.15) is 18.6 Å². The lowest BCUT2D eigenvalue weighted by molar-refractivity contribution is 0.0422. The van der Waals surface area contributed by atoms with Crippen molar-refractivity contribution in [2.75, 3.05) is 0 Å². The Labute approximate surface area is 97.1 Å². The van der Waals surface area contributed by atoms with Crippen molar-refractivity contribution in [1.82, 2.24) is 0 Å². The summed E-state index contributed by atoms with van der Waals surface area (Å²) < 4.78 is -1.44. The second-order valence-corrected chi connectivity index (χ2v) is 4.43. The lowest BCUT2D eigenvalue weighted by atomic mass is 10.1. The van der Waals surface area contributed by atoms with Crippen LogP contribution in [-0.2, 0) is 0 Å². The molecule has 1 aromatic rings. The zero-order valence-electron chi connectivity index (χ0n) is 7.66. The SMILES string of the molecule is CC#CC(O)(I)C(O)c1c[c]ccc1. The maximum Gasteiger partial charge on any atom is 0.207 e. The Bertz CT molecular complexity index is 349. The van der Waals surface area contributed by atoms with E-state index in [1.807, 2.05) is 0 Å². The molecule has 1 rings (SSSR count). The van der Waals surface area contributed by atoms with Crippen molar-refractivity contribution in [3.63, 3.8) is 0 Å². The minimum atomic E-state index is -1.44. The third-order valence-corrected chi connectivity index (χ3v) is 2.57. The summed E-state index contributed by atoms with van der Waals surface area (Å²) in [4.78, 5) is 0. The molecular weight excluding hydrogens is 291 g/mol. The van der Waals surface area contributed by atoms with Gasteiger partial charge in [-0.2, -0.15) is 0 Å². The van der Waals surface area contributed by atoms with Gasteiger partial charge in [0, 0.05) is 0 Å². The molecule has 0 spiro atoms. The molecule has 1 radical (unpaired) electrons. The first-order valence-electron chi connectivity index (χ1n) is 4.07. The molecule has 0 aliphatic carbocycles. The van der Waals surface area contributed by atoms with E-state index in [1.165, 1.54) is 0 Å². The van der Waals surface area contributed by atoms with Gasteiger partial charge in [-0.1, -0.05) is 24.1 Å². The van der Waals surface area contributed by atoms with E-state index in [9.17, 15) is 10.2 Å². The molecule has 0 fully saturated rings. The Hall–Kier alpha value is -0.570. The van der Waals surface area contributed by atoms with Gasteiger partial charge in [-0.25, -0.2) is 0 Å². The molecule has 0 amide bonds. The minimum Gasteiger partial charge on any atom is -0.383 e. The fourth-order valence-electron chi connectivity index (χ4n) is 1.04. The fraction of sp³-hybridized carbons (Fsp3) is 0.273. The van der Waals surface area contributed by atoms with E-state index in [0.717, 1.165) is 0 Å². The monoisotopic (exact) mass is 301 g/mol. The van der Waals surface area contributed by atoms with Crippen molar-refractivity contribution < 1.29 is 10.2 Å². The highest BCUT2D eigenvalue weighted by molar-refractivity contribution is 14.1. The molecule has 2 atom stereocenters. The van der Waals surface area contributed by atoms with Crippen molar-refractivity contribution in [3.05, 3.63) is 35.9 Å². The van der Waals surface area contributed by atoms with Crippen LogP contribution in [0.3, 0.4) is 0 Å². The van der Waals surface area contributed by atoms with Crippen LogP contribution in [0, 0.1) is 17.9 Å². The summed E-state index contributed by atoms with van der Waals surface area (Å²) in [6.45, 7) is 1.62. The topological polar surface area (TPSA) is 40.5 Å². The third-order valence-electron chi connectivity index (χ3n) is 1.71. The van der Waals surface area contributed by atoms with Gasteiger partial charge in [0.15, 0.2) is 0 Å². The molecule has 0 saturated heterocycles. The average Bonchev–Trinajstić information content (AvgIpc) is 2.18. The van der Waals surface area contributed by atoms with E-state index in [1.54, 1.807) is 53.8 Å². The van der Waals surface area contributed by atoms with Gasteiger partial charge >= 0.3 is 0 Å². The molecule has 2 unspecified atom stereocenters. The van der Waals surface area contributed by atoms with E-state index in [-0.39, 0.29) is 0 Å². The summed E-state index contributed by atoms with van der Waals surface area (Å²) in [7, 11) is 0. The van der Waals surface area contributed by atoms with Crippen molar-refractivity contribution in [2.24, 2.45) is 0 Å². The normalized spacial score (nSPS) is 16.3. The van der Waals surface area contributed by atoms with Gasteiger partial charge in [0.25, 0.3) is 0 Å². The van der Waals surface area contributed by atoms with Crippen LogP contribution in [0.4, 0.5) is 0 Å². The van der Waals surface area contributed by atoms with Crippen molar-refractivity contribution in [2.45, 2.75) is 16.6 Å². The molecule has 0 aliphatic heterocycles. The molecule has 14 heavy (non-hydrogen) atoms. The standard InChI is InChI=1S/C11H10IO2/c1-2-8-11(12,14)10(13)9-6-4-3-5-7-9/h3-4,6-7,10,13-14H,1H3. The first kappa shape index (κ1) is 11.5. The van der Waals surface area contributed by atoms with Crippen LogP contribution in [0.15, 0.2) is 24.3 Å². The van der Waals surface area contributed by atoms with Crippen molar-refractivity contribution >= 4 is 22.6 Å². The number of halogens is 1. The van der Waals surface area contributed by atoms with Crippen molar-refractivity contribution in [3.8, 4) is 11.8 Å². The Kier molecular flexibility index (Phi) is 3.93. The first-order chi connectivity index (χ1) is 6.58. The summed E-state index contributed by atoms with van der Waals surface area (Å²) in [6.07, 6.45) is -1.02. The lowest BCUT2D eigenvalue weighted by Crippen LogP contribution is -2.27. The third kappa shape index (κ3) is 2.71. The zero-order valence-corrected chi connectivity index (χ0v) is 9.82. The van der Waals surface area contributed by atoms with Gasteiger partial charge in [-0.3, -0.25) is 0 Å². The predicted molar refractivity (Wildman–Crippen MR) is 62.7 cm³/mol. The number of hydrogen-bond acceptors (Lipinski definition) is 2. The Balaban J connectivity index is 2.94. The van der Waals surface area contributed by atoms with Gasteiger partial charge in [-0.15, -0.1) is 5.92 Å². The number of alkyl halides is 1. The molecule has 2 nitrogen and oxygen atoms in total. The largest absolute Gasteiger partial charge is 0.383 e. The van der Waals surface area contributed by atoms with Crippen LogP contribution < -0.4 is 0 Å². The number of aliphatic hydroxyl groups is 2. The van der Waals surface area contributed by atoms with E-state index in [4.69, 9.17) is 0 Å². The van der Waals surface area contributed by atoms with Gasteiger partial charge in [-0.05, 0) is 47.2 Å². The quantitative estimate of drug-likeness (QED) is 0.495. The molecule has 3 heteroatoms. The van der Waals surface area contributed by atoms with E-state index in [0.29, 0.717) is 5.56 Å². The van der Waals surface area contributed by atoms with Crippen LogP contribution in [0.2, 0.25) is 0 Å². The van der Waals surface area contributed by atoms with Crippen LogP contribution in [-0.4, -0.2) is 13.8 Å². The minimum absolute atomic E-state index is 0.604. The van der Waals surface area contributed by atoms with Crippen molar-refractivity contribution in [1.29, 1.82) is 0 Å². The van der Waals surface area contributed by atoms with Crippen LogP contribution >= 0.6 is 22.6 Å². The summed E-state index contributed by atoms with van der Waals surface area (Å²) in [5.74, 6) is 5.13. The van der Waals surface area contributed by atoms with Gasteiger partial charge in [0.1, 0.15) is 6.10 Å². The second kappa shape index (κ2) is 4.78. The summed E-state index contributed by atoms with van der Waals surface area (Å²) >= 11 is 1.72. The highest BCUT2D eigenvalue weighted by Crippen LogP contribution is 2.30. The molecule has 1 aromatic carbocycles. The average molecular weight is 301 g/mol. The van der Waals surface area contributed by atoms with Crippen LogP contribution in [0.5, 0.6) is 0 Å². The fourth-order valence-corrected chi connectivity index (χ4v) is 1.67. The molecule has 0 heterocycles. The molecular formula is C11H10IO2. The molecule has 73 valence electrons. The highest BCUT2D eigenvalue weighted by Gasteiger charge is 2.31. The second-order valence-electron chi connectivity index (χ2n) is 2.79. The number of hydrogen-bond donors (Lipinski definition) is 2. The molecule has 2 N–H and O–H groups in total. The van der Waals surface area contributed by atoms with E-state index < -0.39 is 9.71 Å². The van der Waals surface area contributed by atoms with E-state index in [2.05, 4.69) is 17.9 Å². The molecule has 0 saturated carbocycles. The molecule has 0 aliphatic rings. The summed E-state index contributed by atoms with van der Waals surface area (Å²) in [5.41, 5.74) is 0.604. The van der Waals surface area contributed by atoms with E-state index >= 15 is 0 Å². The van der Waals surface area contributed by atoms with Gasteiger partial charge in [0.2, 0.25) is 3.61 Å². The van der Waals surface area contributed by atoms with Gasteiger partial charge in [0.05, 0.1) is 0 Å². The smallest absolute Gasteiger partial charge is 0.207 e. The predicted octanol–water partition coefficient (Wildman–Crippen LogP) is 1.67. The Morgan fingerprint density at radius 3 is 2.86 bits per heavy atom. The maximum atomic E-state index is 9.80. The maximum absolute atomic E-state index is 9.80. The highest BCUT2D eigenvalue weighted by atomic mass is 127. The summed E-state index contributed by atoms with van der Waals surface area (Å²) in [6, 6.07) is 9.67. The Morgan fingerprint density at radius 2 is 2.36 bits per heavy atom. The first-order valence-corrected chi connectivity index (χ1v) is 5.15. The molecule has 0 bridgehead atoms.